The molecule has 0 heterocycles. The normalized spacial score (nSPS) is 10.9. The molecule has 0 aromatic heterocycles. The van der Waals surface area contributed by atoms with E-state index in [1.165, 1.54) is 50.5 Å². The van der Waals surface area contributed by atoms with Crippen LogP contribution in [0.15, 0.2) is 24.3 Å². The number of unbranched alkanes of at least 4 members (excludes halogenated alkanes) is 5. The summed E-state index contributed by atoms with van der Waals surface area (Å²) in [6.07, 6.45) is 9.26. The topological polar surface area (TPSA) is 27.7 Å². The Morgan fingerprint density at radius 1 is 0.750 bits per heavy atom. The summed E-state index contributed by atoms with van der Waals surface area (Å²) in [6.45, 7) is 5.55. The van der Waals surface area contributed by atoms with E-state index < -0.39 is 0 Å². The standard InChI is InChI=1S/C20H33IO3/c1-2-3-4-5-6-7-8-19-9-11-20(12-10-19)24-18-17-23-16-15-22-14-13-21/h9-12H,2-8,13-18H2,1H3. The van der Waals surface area contributed by atoms with E-state index in [4.69, 9.17) is 14.2 Å². The molecule has 0 radical (unpaired) electrons. The second kappa shape index (κ2) is 16.2. The van der Waals surface area contributed by atoms with E-state index in [1.54, 1.807) is 0 Å². The van der Waals surface area contributed by atoms with Crippen molar-refractivity contribution in [3.63, 3.8) is 0 Å². The fourth-order valence-electron chi connectivity index (χ4n) is 2.46. The van der Waals surface area contributed by atoms with Crippen LogP contribution in [-0.2, 0) is 15.9 Å². The van der Waals surface area contributed by atoms with Gasteiger partial charge in [0.25, 0.3) is 0 Å². The van der Waals surface area contributed by atoms with Gasteiger partial charge in [0.15, 0.2) is 0 Å². The number of ether oxygens (including phenoxy) is 3. The second-order valence-corrected chi connectivity index (χ2v) is 7.00. The Morgan fingerprint density at radius 3 is 2.08 bits per heavy atom. The third-order valence-electron chi connectivity index (χ3n) is 3.83. The molecule has 1 rings (SSSR count). The molecule has 0 saturated heterocycles. The summed E-state index contributed by atoms with van der Waals surface area (Å²) in [7, 11) is 0. The van der Waals surface area contributed by atoms with Crippen LogP contribution < -0.4 is 4.74 Å². The second-order valence-electron chi connectivity index (χ2n) is 5.92. The maximum Gasteiger partial charge on any atom is 0.119 e. The van der Waals surface area contributed by atoms with Gasteiger partial charge in [0.05, 0.1) is 26.4 Å². The lowest BCUT2D eigenvalue weighted by atomic mass is 10.0. The van der Waals surface area contributed by atoms with Crippen molar-refractivity contribution in [2.24, 2.45) is 0 Å². The molecule has 0 saturated carbocycles. The molecule has 4 heteroatoms. The van der Waals surface area contributed by atoms with Crippen molar-refractivity contribution in [3.05, 3.63) is 29.8 Å². The lowest BCUT2D eigenvalue weighted by Crippen LogP contribution is -2.11. The molecule has 1 aromatic carbocycles. The van der Waals surface area contributed by atoms with Crippen molar-refractivity contribution >= 4 is 22.6 Å². The quantitative estimate of drug-likeness (QED) is 0.192. The first-order chi connectivity index (χ1) is 11.9. The van der Waals surface area contributed by atoms with Gasteiger partial charge in [-0.2, -0.15) is 0 Å². The highest BCUT2D eigenvalue weighted by molar-refractivity contribution is 14.1. The molecular formula is C20H33IO3. The molecule has 0 aliphatic carbocycles. The zero-order chi connectivity index (χ0) is 17.3. The number of halogens is 1. The lowest BCUT2D eigenvalue weighted by Gasteiger charge is -2.08. The molecule has 0 aliphatic rings. The molecule has 1 aromatic rings. The minimum absolute atomic E-state index is 0.586. The van der Waals surface area contributed by atoms with E-state index in [0.717, 1.165) is 16.8 Å². The van der Waals surface area contributed by atoms with Crippen molar-refractivity contribution in [2.45, 2.75) is 51.9 Å². The predicted octanol–water partition coefficient (Wildman–Crippen LogP) is 5.44. The molecule has 0 unspecified atom stereocenters. The van der Waals surface area contributed by atoms with Crippen LogP contribution in [0.5, 0.6) is 5.75 Å². The minimum Gasteiger partial charge on any atom is -0.491 e. The Hall–Kier alpha value is -0.330. The Kier molecular flexibility index (Phi) is 14.6. The molecule has 0 fully saturated rings. The van der Waals surface area contributed by atoms with Crippen molar-refractivity contribution in [2.75, 3.05) is 37.5 Å². The third-order valence-corrected chi connectivity index (χ3v) is 4.27. The monoisotopic (exact) mass is 448 g/mol. The summed E-state index contributed by atoms with van der Waals surface area (Å²) in [4.78, 5) is 0. The van der Waals surface area contributed by atoms with Gasteiger partial charge in [-0.15, -0.1) is 0 Å². The molecule has 138 valence electrons. The Morgan fingerprint density at radius 2 is 1.38 bits per heavy atom. The Bertz CT molecular complexity index is 381. The molecule has 0 amide bonds. The van der Waals surface area contributed by atoms with Gasteiger partial charge in [-0.25, -0.2) is 0 Å². The van der Waals surface area contributed by atoms with Gasteiger partial charge in [0, 0.05) is 4.43 Å². The highest BCUT2D eigenvalue weighted by Crippen LogP contribution is 2.15. The van der Waals surface area contributed by atoms with E-state index in [2.05, 4.69) is 53.8 Å². The fraction of sp³-hybridized carbons (Fsp3) is 0.700. The van der Waals surface area contributed by atoms with Crippen molar-refractivity contribution in [3.8, 4) is 5.75 Å². The zero-order valence-corrected chi connectivity index (χ0v) is 17.3. The van der Waals surface area contributed by atoms with Gasteiger partial charge < -0.3 is 14.2 Å². The molecular weight excluding hydrogens is 415 g/mol. The minimum atomic E-state index is 0.586. The summed E-state index contributed by atoms with van der Waals surface area (Å²) in [5.74, 6) is 0.923. The number of rotatable bonds is 16. The van der Waals surface area contributed by atoms with Crippen LogP contribution in [0.25, 0.3) is 0 Å². The van der Waals surface area contributed by atoms with E-state index >= 15 is 0 Å². The lowest BCUT2D eigenvalue weighted by molar-refractivity contribution is 0.0417. The maximum atomic E-state index is 5.69. The largest absolute Gasteiger partial charge is 0.491 e. The third kappa shape index (κ3) is 12.1. The number of alkyl halides is 1. The van der Waals surface area contributed by atoms with Crippen LogP contribution >= 0.6 is 22.6 Å². The van der Waals surface area contributed by atoms with Crippen LogP contribution in [0.1, 0.15) is 51.0 Å². The van der Waals surface area contributed by atoms with E-state index in [0.29, 0.717) is 26.4 Å². The molecule has 0 bridgehead atoms. The average Bonchev–Trinajstić information content (AvgIpc) is 2.61. The highest BCUT2D eigenvalue weighted by Gasteiger charge is 1.97. The summed E-state index contributed by atoms with van der Waals surface area (Å²) < 4.78 is 17.5. The molecule has 3 nitrogen and oxygen atoms in total. The van der Waals surface area contributed by atoms with Crippen molar-refractivity contribution < 1.29 is 14.2 Å². The van der Waals surface area contributed by atoms with Crippen LogP contribution in [0.3, 0.4) is 0 Å². The molecule has 0 N–H and O–H groups in total. The van der Waals surface area contributed by atoms with Gasteiger partial charge in [0.2, 0.25) is 0 Å². The van der Waals surface area contributed by atoms with Gasteiger partial charge in [0.1, 0.15) is 12.4 Å². The van der Waals surface area contributed by atoms with E-state index in [-0.39, 0.29) is 0 Å². The molecule has 0 spiro atoms. The van der Waals surface area contributed by atoms with Crippen molar-refractivity contribution in [1.82, 2.24) is 0 Å². The summed E-state index contributed by atoms with van der Waals surface area (Å²) in [5, 5.41) is 0. The number of hydrogen-bond acceptors (Lipinski definition) is 3. The summed E-state index contributed by atoms with van der Waals surface area (Å²) in [5.41, 5.74) is 1.40. The van der Waals surface area contributed by atoms with Crippen LogP contribution in [0, 0.1) is 0 Å². The first-order valence-corrected chi connectivity index (χ1v) is 10.8. The first kappa shape index (κ1) is 21.7. The van der Waals surface area contributed by atoms with E-state index in [1.807, 2.05) is 0 Å². The van der Waals surface area contributed by atoms with Crippen LogP contribution in [0.4, 0.5) is 0 Å². The van der Waals surface area contributed by atoms with Gasteiger partial charge in [-0.3, -0.25) is 0 Å². The van der Waals surface area contributed by atoms with E-state index in [9.17, 15) is 0 Å². The fourth-order valence-corrected chi connectivity index (χ4v) is 2.77. The molecule has 0 aliphatic heterocycles. The summed E-state index contributed by atoms with van der Waals surface area (Å²) in [6, 6.07) is 8.49. The Balaban J connectivity index is 2.01. The van der Waals surface area contributed by atoms with Gasteiger partial charge in [-0.05, 0) is 30.5 Å². The molecule has 24 heavy (non-hydrogen) atoms. The SMILES string of the molecule is CCCCCCCCc1ccc(OCCOCCOCCI)cc1. The van der Waals surface area contributed by atoms with Gasteiger partial charge in [-0.1, -0.05) is 73.8 Å². The first-order valence-electron chi connectivity index (χ1n) is 9.30. The number of benzene rings is 1. The van der Waals surface area contributed by atoms with Crippen LogP contribution in [0.2, 0.25) is 0 Å². The van der Waals surface area contributed by atoms with Crippen LogP contribution in [-0.4, -0.2) is 37.5 Å². The number of hydrogen-bond donors (Lipinski definition) is 0. The predicted molar refractivity (Wildman–Crippen MR) is 110 cm³/mol. The highest BCUT2D eigenvalue weighted by atomic mass is 127. The van der Waals surface area contributed by atoms with Crippen molar-refractivity contribution in [1.29, 1.82) is 0 Å². The smallest absolute Gasteiger partial charge is 0.119 e. The average molecular weight is 448 g/mol. The maximum absolute atomic E-state index is 5.69. The summed E-state index contributed by atoms with van der Waals surface area (Å²) >= 11 is 2.30. The number of aryl methyl sites for hydroxylation is 1. The Labute approximate surface area is 161 Å². The molecule has 0 atom stereocenters. The van der Waals surface area contributed by atoms with Gasteiger partial charge >= 0.3 is 0 Å². The zero-order valence-electron chi connectivity index (χ0n) is 15.1.